The van der Waals surface area contributed by atoms with Crippen LogP contribution in [0, 0.1) is 0 Å². The summed E-state index contributed by atoms with van der Waals surface area (Å²) in [5.74, 6) is 0.589. The van der Waals surface area contributed by atoms with Gasteiger partial charge in [0.05, 0.1) is 5.76 Å². The molecule has 20 heavy (non-hydrogen) atoms. The molecule has 1 rings (SSSR count). The minimum Gasteiger partial charge on any atom is -0.513 e. The van der Waals surface area contributed by atoms with Crippen molar-refractivity contribution in [3.05, 3.63) is 11.8 Å². The molecular formula is C18H37OSn. The molecule has 119 valence electrons. The molecule has 1 N–H and O–H groups in total. The van der Waals surface area contributed by atoms with E-state index in [2.05, 4.69) is 20.8 Å². The van der Waals surface area contributed by atoms with Crippen molar-refractivity contribution in [2.45, 2.75) is 98.3 Å². The van der Waals surface area contributed by atoms with Gasteiger partial charge in [-0.1, -0.05) is 0 Å². The Morgan fingerprint density at radius 1 is 0.900 bits per heavy atom. The summed E-state index contributed by atoms with van der Waals surface area (Å²) in [5.41, 5.74) is 0. The molecule has 0 fully saturated rings. The van der Waals surface area contributed by atoms with Gasteiger partial charge in [-0.3, -0.25) is 0 Å². The number of allylic oxidation sites excluding steroid dienone is 2. The SMILES string of the molecule is CCC[CH2][Sn]([CH2]CCC)[CH2]CCC.OC1=CCCCC1. The first-order chi connectivity index (χ1) is 9.74. The first-order valence-corrected chi connectivity index (χ1v) is 15.0. The van der Waals surface area contributed by atoms with Crippen LogP contribution in [-0.4, -0.2) is 24.9 Å². The van der Waals surface area contributed by atoms with Crippen LogP contribution in [-0.2, 0) is 0 Å². The average Bonchev–Trinajstić information content (AvgIpc) is 2.48. The third-order valence-corrected chi connectivity index (χ3v) is 13.0. The molecule has 1 radical (unpaired) electrons. The molecule has 0 atom stereocenters. The van der Waals surface area contributed by atoms with E-state index in [1.165, 1.54) is 51.4 Å². The summed E-state index contributed by atoms with van der Waals surface area (Å²) in [6.45, 7) is 7.00. The van der Waals surface area contributed by atoms with E-state index in [1.807, 2.05) is 6.08 Å². The van der Waals surface area contributed by atoms with Gasteiger partial charge in [0, 0.05) is 6.42 Å². The van der Waals surface area contributed by atoms with Gasteiger partial charge >= 0.3 is 92.4 Å². The predicted octanol–water partition coefficient (Wildman–Crippen LogP) is 6.88. The van der Waals surface area contributed by atoms with Crippen LogP contribution in [0.1, 0.15) is 85.0 Å². The fourth-order valence-electron chi connectivity index (χ4n) is 2.48. The third kappa shape index (κ3) is 13.3. The molecule has 1 aliphatic carbocycles. The fourth-order valence-corrected chi connectivity index (χ4v) is 11.9. The fraction of sp³-hybridized carbons (Fsp3) is 0.889. The van der Waals surface area contributed by atoms with Crippen LogP contribution in [0.5, 0.6) is 0 Å². The number of unbranched alkanes of at least 4 members (excludes halogenated alkanes) is 3. The minimum absolute atomic E-state index is 0.589. The third-order valence-electron chi connectivity index (χ3n) is 3.92. The second-order valence-corrected chi connectivity index (χ2v) is 14.6. The zero-order chi connectivity index (χ0) is 15.1. The van der Waals surface area contributed by atoms with Gasteiger partial charge in [-0.05, 0) is 25.3 Å². The Hall–Kier alpha value is 0.339. The van der Waals surface area contributed by atoms with Crippen molar-refractivity contribution in [2.75, 3.05) is 0 Å². The van der Waals surface area contributed by atoms with Crippen LogP contribution >= 0.6 is 0 Å². The molecule has 0 saturated carbocycles. The summed E-state index contributed by atoms with van der Waals surface area (Å²) in [6, 6.07) is 0. The molecule has 1 nitrogen and oxygen atoms in total. The van der Waals surface area contributed by atoms with Crippen molar-refractivity contribution in [2.24, 2.45) is 0 Å². The maximum atomic E-state index is 8.77. The van der Waals surface area contributed by atoms with Crippen LogP contribution in [0.15, 0.2) is 11.8 Å². The quantitative estimate of drug-likeness (QED) is 0.427. The van der Waals surface area contributed by atoms with E-state index in [4.69, 9.17) is 5.11 Å². The van der Waals surface area contributed by atoms with Crippen LogP contribution in [0.4, 0.5) is 0 Å². The summed E-state index contributed by atoms with van der Waals surface area (Å²) in [5, 5.41) is 8.77. The van der Waals surface area contributed by atoms with Crippen LogP contribution in [0.25, 0.3) is 0 Å². The van der Waals surface area contributed by atoms with Crippen molar-refractivity contribution in [3.8, 4) is 0 Å². The molecule has 0 aromatic rings. The van der Waals surface area contributed by atoms with Crippen LogP contribution < -0.4 is 0 Å². The molecule has 1 aliphatic rings. The smallest absolute Gasteiger partial charge is 0.0882 e. The van der Waals surface area contributed by atoms with Crippen LogP contribution in [0.2, 0.25) is 13.3 Å². The number of hydrogen-bond acceptors (Lipinski definition) is 1. The van der Waals surface area contributed by atoms with Crippen molar-refractivity contribution in [3.63, 3.8) is 0 Å². The molecule has 0 aromatic carbocycles. The summed E-state index contributed by atoms with van der Waals surface area (Å²) >= 11 is -0.839. The summed E-state index contributed by atoms with van der Waals surface area (Å²) in [7, 11) is 0. The Labute approximate surface area is 135 Å². The first kappa shape index (κ1) is 20.3. The molecule has 0 unspecified atom stereocenters. The molecular weight excluding hydrogens is 351 g/mol. The zero-order valence-corrected chi connectivity index (χ0v) is 17.1. The van der Waals surface area contributed by atoms with Gasteiger partial charge in [0.25, 0.3) is 0 Å². The van der Waals surface area contributed by atoms with Crippen LogP contribution in [0.3, 0.4) is 0 Å². The van der Waals surface area contributed by atoms with Gasteiger partial charge in [0.15, 0.2) is 0 Å². The van der Waals surface area contributed by atoms with E-state index in [9.17, 15) is 0 Å². The maximum Gasteiger partial charge on any atom is 0.0882 e. The van der Waals surface area contributed by atoms with Crippen molar-refractivity contribution in [1.82, 2.24) is 0 Å². The van der Waals surface area contributed by atoms with E-state index in [1.54, 1.807) is 13.3 Å². The molecule has 0 aromatic heterocycles. The van der Waals surface area contributed by atoms with E-state index in [-0.39, 0.29) is 0 Å². The van der Waals surface area contributed by atoms with Gasteiger partial charge in [-0.25, -0.2) is 0 Å². The Morgan fingerprint density at radius 2 is 1.40 bits per heavy atom. The molecule has 0 amide bonds. The Kier molecular flexibility index (Phi) is 16.0. The summed E-state index contributed by atoms with van der Waals surface area (Å²) < 4.78 is 5.04. The topological polar surface area (TPSA) is 20.2 Å². The van der Waals surface area contributed by atoms with Gasteiger partial charge in [0.1, 0.15) is 0 Å². The standard InChI is InChI=1S/C6H10O.3C4H9.Sn/c7-6-4-2-1-3-5-6;3*1-3-4-2;/h4,7H,1-3,5H2;3*1,3-4H2,2H3;. The molecule has 0 heterocycles. The maximum absolute atomic E-state index is 8.77. The van der Waals surface area contributed by atoms with E-state index < -0.39 is 19.8 Å². The largest absolute Gasteiger partial charge is 0.513 e. The Balaban J connectivity index is 0.000000428. The van der Waals surface area contributed by atoms with E-state index in [0.717, 1.165) is 12.8 Å². The van der Waals surface area contributed by atoms with Crippen molar-refractivity contribution < 1.29 is 5.11 Å². The molecule has 0 aliphatic heterocycles. The van der Waals surface area contributed by atoms with Crippen molar-refractivity contribution in [1.29, 1.82) is 0 Å². The Morgan fingerprint density at radius 3 is 1.65 bits per heavy atom. The first-order valence-electron chi connectivity index (χ1n) is 8.96. The second-order valence-electron chi connectivity index (χ2n) is 6.00. The predicted molar refractivity (Wildman–Crippen MR) is 94.1 cm³/mol. The Bertz CT molecular complexity index is 206. The zero-order valence-electron chi connectivity index (χ0n) is 14.2. The van der Waals surface area contributed by atoms with Gasteiger partial charge in [-0.2, -0.15) is 0 Å². The van der Waals surface area contributed by atoms with Gasteiger partial charge in [-0.15, -0.1) is 0 Å². The molecule has 0 bridgehead atoms. The molecule has 0 spiro atoms. The van der Waals surface area contributed by atoms with Crippen molar-refractivity contribution >= 4 is 19.8 Å². The summed E-state index contributed by atoms with van der Waals surface area (Å²) in [4.78, 5) is 0. The monoisotopic (exact) mass is 389 g/mol. The number of aliphatic hydroxyl groups is 1. The molecule has 2 heteroatoms. The number of aliphatic hydroxyl groups excluding tert-OH is 1. The molecule has 0 saturated heterocycles. The second kappa shape index (κ2) is 15.7. The number of hydrogen-bond donors (Lipinski definition) is 1. The van der Waals surface area contributed by atoms with Gasteiger partial charge < -0.3 is 5.11 Å². The van der Waals surface area contributed by atoms with E-state index in [0.29, 0.717) is 5.76 Å². The normalized spacial score (nSPS) is 14.7. The van der Waals surface area contributed by atoms with Gasteiger partial charge in [0.2, 0.25) is 0 Å². The summed E-state index contributed by atoms with van der Waals surface area (Å²) in [6.07, 6.45) is 15.2. The number of rotatable bonds is 9. The minimum atomic E-state index is -0.839. The average molecular weight is 388 g/mol. The van der Waals surface area contributed by atoms with E-state index >= 15 is 0 Å².